The third-order valence-electron chi connectivity index (χ3n) is 3.25. The first-order valence-corrected chi connectivity index (χ1v) is 7.36. The van der Waals surface area contributed by atoms with Crippen LogP contribution in [0.25, 0.3) is 0 Å². The lowest BCUT2D eigenvalue weighted by atomic mass is 10.1. The highest BCUT2D eigenvalue weighted by molar-refractivity contribution is 6.31. The van der Waals surface area contributed by atoms with E-state index >= 15 is 0 Å². The number of methoxy groups -OCH3 is 1. The van der Waals surface area contributed by atoms with Gasteiger partial charge in [-0.1, -0.05) is 29.8 Å². The summed E-state index contributed by atoms with van der Waals surface area (Å²) in [4.78, 5) is 23.0. The molecule has 0 saturated carbocycles. The molecular weight excluding hydrogens is 316 g/mol. The molecule has 0 fully saturated rings. The number of hydrogen-bond acceptors (Lipinski definition) is 3. The average molecular weight is 333 g/mol. The van der Waals surface area contributed by atoms with Crippen LogP contribution in [0.4, 0.5) is 5.69 Å². The van der Waals surface area contributed by atoms with Crippen molar-refractivity contribution < 1.29 is 14.3 Å². The summed E-state index contributed by atoms with van der Waals surface area (Å²) in [6.07, 6.45) is 0.275. The van der Waals surface area contributed by atoms with Crippen molar-refractivity contribution in [1.82, 2.24) is 0 Å². The summed E-state index contributed by atoms with van der Waals surface area (Å²) >= 11 is 6.12. The van der Waals surface area contributed by atoms with Crippen LogP contribution >= 0.6 is 11.6 Å². The van der Waals surface area contributed by atoms with E-state index in [1.54, 1.807) is 42.5 Å². The topological polar surface area (TPSA) is 81.4 Å². The fourth-order valence-electron chi connectivity index (χ4n) is 2.17. The molecule has 0 bridgehead atoms. The van der Waals surface area contributed by atoms with Crippen molar-refractivity contribution in [1.29, 1.82) is 0 Å². The summed E-state index contributed by atoms with van der Waals surface area (Å²) in [5.41, 5.74) is 7.20. The maximum absolute atomic E-state index is 12.2. The number of hydrogen-bond donors (Lipinski definition) is 2. The molecule has 2 amide bonds. The normalized spacial score (nSPS) is 10.2. The Hall–Kier alpha value is -2.53. The standard InChI is InChI=1S/C17H17ClN2O3/c1-23-15-4-2-3-14(18)13(15)10-17(22)20-12-7-5-11(6-8-12)9-16(19)21/h2-8H,9-10H2,1H3,(H2,19,21)(H,20,22). The molecule has 120 valence electrons. The first-order chi connectivity index (χ1) is 11.0. The number of benzene rings is 2. The molecule has 0 aliphatic carbocycles. The van der Waals surface area contributed by atoms with Crippen LogP contribution in [0.5, 0.6) is 5.75 Å². The Kier molecular flexibility index (Phi) is 5.60. The van der Waals surface area contributed by atoms with Gasteiger partial charge in [0.05, 0.1) is 20.0 Å². The zero-order chi connectivity index (χ0) is 16.8. The smallest absolute Gasteiger partial charge is 0.228 e. The van der Waals surface area contributed by atoms with E-state index in [0.717, 1.165) is 5.56 Å². The third kappa shape index (κ3) is 4.72. The predicted molar refractivity (Wildman–Crippen MR) is 89.7 cm³/mol. The molecule has 0 aliphatic heterocycles. The van der Waals surface area contributed by atoms with Crippen molar-refractivity contribution >= 4 is 29.1 Å². The molecule has 2 aromatic rings. The minimum atomic E-state index is -0.396. The first kappa shape index (κ1) is 16.8. The molecule has 3 N–H and O–H groups in total. The summed E-state index contributed by atoms with van der Waals surface area (Å²) < 4.78 is 5.22. The van der Waals surface area contributed by atoms with Crippen molar-refractivity contribution in [2.75, 3.05) is 12.4 Å². The van der Waals surface area contributed by atoms with E-state index in [1.807, 2.05) is 0 Å². The average Bonchev–Trinajstić information content (AvgIpc) is 2.50. The van der Waals surface area contributed by atoms with Gasteiger partial charge in [-0.05, 0) is 29.8 Å². The van der Waals surface area contributed by atoms with E-state index in [-0.39, 0.29) is 18.7 Å². The maximum atomic E-state index is 12.2. The summed E-state index contributed by atoms with van der Waals surface area (Å²) in [5, 5.41) is 3.26. The van der Waals surface area contributed by atoms with Gasteiger partial charge in [-0.25, -0.2) is 0 Å². The highest BCUT2D eigenvalue weighted by Gasteiger charge is 2.12. The second-order valence-electron chi connectivity index (χ2n) is 4.99. The van der Waals surface area contributed by atoms with Crippen LogP contribution in [0.1, 0.15) is 11.1 Å². The fourth-order valence-corrected chi connectivity index (χ4v) is 2.41. The Morgan fingerprint density at radius 2 is 1.83 bits per heavy atom. The Bertz CT molecular complexity index is 714. The van der Waals surface area contributed by atoms with Crippen molar-refractivity contribution in [3.05, 3.63) is 58.6 Å². The van der Waals surface area contributed by atoms with E-state index in [2.05, 4.69) is 5.32 Å². The largest absolute Gasteiger partial charge is 0.496 e. The van der Waals surface area contributed by atoms with Crippen molar-refractivity contribution in [2.45, 2.75) is 12.8 Å². The molecule has 2 aromatic carbocycles. The minimum Gasteiger partial charge on any atom is -0.496 e. The Balaban J connectivity index is 2.04. The van der Waals surface area contributed by atoms with E-state index < -0.39 is 5.91 Å². The quantitative estimate of drug-likeness (QED) is 0.853. The summed E-state index contributed by atoms with van der Waals surface area (Å²) in [5.74, 6) is -0.0314. The van der Waals surface area contributed by atoms with Gasteiger partial charge >= 0.3 is 0 Å². The molecule has 0 atom stereocenters. The van der Waals surface area contributed by atoms with Crippen LogP contribution in [0.2, 0.25) is 5.02 Å². The van der Waals surface area contributed by atoms with Crippen LogP contribution in [-0.2, 0) is 22.4 Å². The number of ether oxygens (including phenoxy) is 1. The molecule has 6 heteroatoms. The Morgan fingerprint density at radius 3 is 2.43 bits per heavy atom. The van der Waals surface area contributed by atoms with Gasteiger partial charge in [0, 0.05) is 16.3 Å². The maximum Gasteiger partial charge on any atom is 0.228 e. The minimum absolute atomic E-state index is 0.103. The van der Waals surface area contributed by atoms with E-state index in [4.69, 9.17) is 22.1 Å². The van der Waals surface area contributed by atoms with Gasteiger partial charge in [0.25, 0.3) is 0 Å². The number of nitrogens with two attached hydrogens (primary N) is 1. The van der Waals surface area contributed by atoms with E-state index in [1.165, 1.54) is 7.11 Å². The van der Waals surface area contributed by atoms with Crippen LogP contribution in [0.15, 0.2) is 42.5 Å². The Morgan fingerprint density at radius 1 is 1.13 bits per heavy atom. The Labute approximate surface area is 139 Å². The summed E-state index contributed by atoms with van der Waals surface area (Å²) in [6.45, 7) is 0. The van der Waals surface area contributed by atoms with Gasteiger partial charge in [0.1, 0.15) is 5.75 Å². The molecule has 0 saturated heterocycles. The molecule has 23 heavy (non-hydrogen) atoms. The number of rotatable bonds is 6. The fraction of sp³-hybridized carbons (Fsp3) is 0.176. The van der Waals surface area contributed by atoms with Crippen LogP contribution < -0.4 is 15.8 Å². The third-order valence-corrected chi connectivity index (χ3v) is 3.60. The number of carbonyl (C=O) groups excluding carboxylic acids is 2. The molecule has 0 aliphatic rings. The molecule has 0 heterocycles. The molecule has 0 unspecified atom stereocenters. The van der Waals surface area contributed by atoms with Crippen molar-refractivity contribution in [3.63, 3.8) is 0 Å². The number of halogens is 1. The number of carbonyl (C=O) groups is 2. The molecule has 0 aromatic heterocycles. The highest BCUT2D eigenvalue weighted by atomic mass is 35.5. The summed E-state index contributed by atoms with van der Waals surface area (Å²) in [7, 11) is 1.53. The SMILES string of the molecule is COc1cccc(Cl)c1CC(=O)Nc1ccc(CC(N)=O)cc1. The van der Waals surface area contributed by atoms with E-state index in [0.29, 0.717) is 22.0 Å². The van der Waals surface area contributed by atoms with Crippen LogP contribution in [-0.4, -0.2) is 18.9 Å². The van der Waals surface area contributed by atoms with Gasteiger partial charge in [0.2, 0.25) is 11.8 Å². The number of anilines is 1. The zero-order valence-electron chi connectivity index (χ0n) is 12.6. The zero-order valence-corrected chi connectivity index (χ0v) is 13.4. The van der Waals surface area contributed by atoms with Gasteiger partial charge in [-0.15, -0.1) is 0 Å². The molecule has 0 spiro atoms. The van der Waals surface area contributed by atoms with Gasteiger partial charge < -0.3 is 15.8 Å². The molecular formula is C17H17ClN2O3. The van der Waals surface area contributed by atoms with Gasteiger partial charge in [-0.2, -0.15) is 0 Å². The second-order valence-corrected chi connectivity index (χ2v) is 5.39. The number of amides is 2. The second kappa shape index (κ2) is 7.65. The van der Waals surface area contributed by atoms with Crippen LogP contribution in [0.3, 0.4) is 0 Å². The number of nitrogens with one attached hydrogen (secondary N) is 1. The molecule has 0 radical (unpaired) electrons. The lowest BCUT2D eigenvalue weighted by Gasteiger charge is -2.11. The number of primary amides is 1. The highest BCUT2D eigenvalue weighted by Crippen LogP contribution is 2.27. The van der Waals surface area contributed by atoms with Crippen molar-refractivity contribution in [3.8, 4) is 5.75 Å². The molecule has 2 rings (SSSR count). The first-order valence-electron chi connectivity index (χ1n) is 6.98. The lowest BCUT2D eigenvalue weighted by Crippen LogP contribution is -2.16. The van der Waals surface area contributed by atoms with Crippen molar-refractivity contribution in [2.24, 2.45) is 5.73 Å². The molecule has 5 nitrogen and oxygen atoms in total. The lowest BCUT2D eigenvalue weighted by molar-refractivity contribution is -0.117. The summed E-state index contributed by atoms with van der Waals surface area (Å²) in [6, 6.07) is 12.2. The predicted octanol–water partition coefficient (Wildman–Crippen LogP) is 2.56. The van der Waals surface area contributed by atoms with Gasteiger partial charge in [0.15, 0.2) is 0 Å². The van der Waals surface area contributed by atoms with Gasteiger partial charge in [-0.3, -0.25) is 9.59 Å². The van der Waals surface area contributed by atoms with Crippen LogP contribution in [0, 0.1) is 0 Å². The van der Waals surface area contributed by atoms with E-state index in [9.17, 15) is 9.59 Å². The monoisotopic (exact) mass is 332 g/mol.